The number of anilines is 2. The summed E-state index contributed by atoms with van der Waals surface area (Å²) in [6.07, 6.45) is 4.60. The normalized spacial score (nSPS) is 14.5. The largest absolute Gasteiger partial charge is 0.494 e. The molecule has 0 atom stereocenters. The lowest BCUT2D eigenvalue weighted by Gasteiger charge is -2.22. The number of aliphatic carboxylic acids is 1. The Labute approximate surface area is 191 Å². The number of ether oxygens (including phenoxy) is 2. The number of unbranched alkanes of at least 4 members (excludes halogenated alkanes) is 1. The lowest BCUT2D eigenvalue weighted by Crippen LogP contribution is -2.30. The highest BCUT2D eigenvalue weighted by molar-refractivity contribution is 5.73. The molecule has 0 bridgehead atoms. The molecule has 1 aromatic carbocycles. The van der Waals surface area contributed by atoms with E-state index in [1.165, 1.54) is 0 Å². The standard InChI is InChI=1S/C23H29N5O5/c1-15-6-7-17(33-10-4-3-5-20(29)30)13-18(15)25-22-24-14-19-21(26-22)28(23(31)27(19)2)16-8-11-32-12-9-16/h6-7,13-14,16H,3-5,8-12H2,1-2H3,(H,29,30)(H,24,25,26). The first-order valence-electron chi connectivity index (χ1n) is 11.2. The van der Waals surface area contributed by atoms with E-state index < -0.39 is 5.97 Å². The van der Waals surface area contributed by atoms with Crippen molar-refractivity contribution in [2.45, 2.75) is 45.1 Å². The maximum atomic E-state index is 12.9. The average Bonchev–Trinajstić information content (AvgIpc) is 3.05. The third-order valence-electron chi connectivity index (χ3n) is 5.90. The zero-order valence-corrected chi connectivity index (χ0v) is 18.9. The van der Waals surface area contributed by atoms with E-state index in [1.54, 1.807) is 22.4 Å². The van der Waals surface area contributed by atoms with Crippen molar-refractivity contribution in [3.63, 3.8) is 0 Å². The number of aromatic nitrogens is 4. The van der Waals surface area contributed by atoms with Gasteiger partial charge in [0.15, 0.2) is 5.65 Å². The average molecular weight is 456 g/mol. The van der Waals surface area contributed by atoms with Crippen LogP contribution in [0.3, 0.4) is 0 Å². The number of benzene rings is 1. The third kappa shape index (κ3) is 5.16. The summed E-state index contributed by atoms with van der Waals surface area (Å²) in [4.78, 5) is 32.6. The first-order valence-corrected chi connectivity index (χ1v) is 11.2. The van der Waals surface area contributed by atoms with Crippen LogP contribution in [-0.2, 0) is 16.6 Å². The molecule has 0 saturated carbocycles. The monoisotopic (exact) mass is 455 g/mol. The number of aryl methyl sites for hydroxylation is 2. The Hall–Kier alpha value is -3.40. The number of carboxylic acids is 1. The first-order chi connectivity index (χ1) is 15.9. The molecule has 2 aromatic heterocycles. The summed E-state index contributed by atoms with van der Waals surface area (Å²) >= 11 is 0. The number of carbonyl (C=O) groups is 1. The van der Waals surface area contributed by atoms with Crippen molar-refractivity contribution in [2.75, 3.05) is 25.1 Å². The number of rotatable bonds is 9. The van der Waals surface area contributed by atoms with Crippen LogP contribution in [0.5, 0.6) is 5.75 Å². The number of hydrogen-bond acceptors (Lipinski definition) is 7. The number of carboxylic acid groups (broad SMARTS) is 1. The lowest BCUT2D eigenvalue weighted by atomic mass is 10.1. The van der Waals surface area contributed by atoms with Crippen LogP contribution in [0.25, 0.3) is 11.2 Å². The molecule has 2 N–H and O–H groups in total. The van der Waals surface area contributed by atoms with Gasteiger partial charge in [-0.25, -0.2) is 9.78 Å². The second-order valence-electron chi connectivity index (χ2n) is 8.26. The highest BCUT2D eigenvalue weighted by atomic mass is 16.5. The van der Waals surface area contributed by atoms with Crippen LogP contribution < -0.4 is 15.7 Å². The van der Waals surface area contributed by atoms with Crippen molar-refractivity contribution in [3.05, 3.63) is 40.4 Å². The van der Waals surface area contributed by atoms with Gasteiger partial charge < -0.3 is 19.9 Å². The molecule has 3 heterocycles. The molecule has 1 fully saturated rings. The Balaban J connectivity index is 1.54. The predicted molar refractivity (Wildman–Crippen MR) is 123 cm³/mol. The topological polar surface area (TPSA) is 121 Å². The predicted octanol–water partition coefficient (Wildman–Crippen LogP) is 3.17. The maximum Gasteiger partial charge on any atom is 0.330 e. The zero-order valence-electron chi connectivity index (χ0n) is 18.9. The third-order valence-corrected chi connectivity index (χ3v) is 5.90. The molecule has 3 aromatic rings. The maximum absolute atomic E-state index is 12.9. The molecule has 10 nitrogen and oxygen atoms in total. The second kappa shape index (κ2) is 10.0. The molecular formula is C23H29N5O5. The van der Waals surface area contributed by atoms with Gasteiger partial charge in [0.1, 0.15) is 11.3 Å². The van der Waals surface area contributed by atoms with Gasteiger partial charge in [-0.3, -0.25) is 13.9 Å². The fourth-order valence-corrected chi connectivity index (χ4v) is 3.98. The van der Waals surface area contributed by atoms with Crippen molar-refractivity contribution in [2.24, 2.45) is 7.05 Å². The number of hydrogen-bond donors (Lipinski definition) is 2. The second-order valence-corrected chi connectivity index (χ2v) is 8.26. The van der Waals surface area contributed by atoms with Gasteiger partial charge in [0.05, 0.1) is 12.8 Å². The van der Waals surface area contributed by atoms with E-state index in [4.69, 9.17) is 14.6 Å². The molecule has 176 valence electrons. The minimum absolute atomic E-state index is 0.0530. The molecule has 1 saturated heterocycles. The molecule has 1 aliphatic rings. The molecule has 4 rings (SSSR count). The van der Waals surface area contributed by atoms with Crippen molar-refractivity contribution < 1.29 is 19.4 Å². The van der Waals surface area contributed by atoms with E-state index >= 15 is 0 Å². The van der Waals surface area contributed by atoms with Gasteiger partial charge in [-0.05, 0) is 44.2 Å². The molecule has 0 spiro atoms. The summed E-state index contributed by atoms with van der Waals surface area (Å²) in [5.74, 6) is 0.281. The van der Waals surface area contributed by atoms with Gasteiger partial charge in [-0.2, -0.15) is 4.98 Å². The zero-order chi connectivity index (χ0) is 23.4. The van der Waals surface area contributed by atoms with Crippen molar-refractivity contribution in [1.29, 1.82) is 0 Å². The fraction of sp³-hybridized carbons (Fsp3) is 0.478. The van der Waals surface area contributed by atoms with E-state index in [-0.39, 0.29) is 18.2 Å². The molecule has 33 heavy (non-hydrogen) atoms. The molecule has 0 amide bonds. The number of nitrogens with zero attached hydrogens (tertiary/aromatic N) is 4. The molecule has 1 aliphatic heterocycles. The summed E-state index contributed by atoms with van der Waals surface area (Å²) in [5.41, 5.74) is 2.99. The van der Waals surface area contributed by atoms with Crippen LogP contribution in [-0.4, -0.2) is 50.0 Å². The molecule has 0 unspecified atom stereocenters. The minimum Gasteiger partial charge on any atom is -0.494 e. The highest BCUT2D eigenvalue weighted by Crippen LogP contribution is 2.27. The van der Waals surface area contributed by atoms with Crippen molar-refractivity contribution in [1.82, 2.24) is 19.1 Å². The van der Waals surface area contributed by atoms with Crippen LogP contribution in [0.15, 0.2) is 29.2 Å². The van der Waals surface area contributed by atoms with Gasteiger partial charge in [-0.15, -0.1) is 0 Å². The lowest BCUT2D eigenvalue weighted by molar-refractivity contribution is -0.137. The molecular weight excluding hydrogens is 426 g/mol. The smallest absolute Gasteiger partial charge is 0.330 e. The summed E-state index contributed by atoms with van der Waals surface area (Å²) in [6, 6.07) is 5.74. The summed E-state index contributed by atoms with van der Waals surface area (Å²) < 4.78 is 14.6. The quantitative estimate of drug-likeness (QED) is 0.472. The van der Waals surface area contributed by atoms with Crippen LogP contribution >= 0.6 is 0 Å². The SMILES string of the molecule is Cc1ccc(OCCCCC(=O)O)cc1Nc1ncc2c(n1)n(C1CCOCC1)c(=O)n2C. The van der Waals surface area contributed by atoms with E-state index in [0.29, 0.717) is 55.5 Å². The summed E-state index contributed by atoms with van der Waals surface area (Å²) in [6.45, 7) is 3.68. The Bertz CT molecular complexity index is 1200. The van der Waals surface area contributed by atoms with Gasteiger partial charge >= 0.3 is 11.7 Å². The van der Waals surface area contributed by atoms with Crippen LogP contribution in [0, 0.1) is 6.92 Å². The minimum atomic E-state index is -0.797. The van der Waals surface area contributed by atoms with E-state index in [2.05, 4.69) is 15.3 Å². The molecule has 0 radical (unpaired) electrons. The summed E-state index contributed by atoms with van der Waals surface area (Å²) in [5, 5.41) is 12.0. The van der Waals surface area contributed by atoms with Gasteiger partial charge in [0, 0.05) is 44.5 Å². The van der Waals surface area contributed by atoms with Crippen LogP contribution in [0.2, 0.25) is 0 Å². The number of fused-ring (bicyclic) bond motifs is 1. The Kier molecular flexibility index (Phi) is 6.93. The Morgan fingerprint density at radius 3 is 2.85 bits per heavy atom. The fourth-order valence-electron chi connectivity index (χ4n) is 3.98. The number of nitrogens with one attached hydrogen (secondary N) is 1. The van der Waals surface area contributed by atoms with Gasteiger partial charge in [0.25, 0.3) is 0 Å². The van der Waals surface area contributed by atoms with Crippen LogP contribution in [0.4, 0.5) is 11.6 Å². The molecule has 0 aliphatic carbocycles. The molecule has 10 heteroatoms. The van der Waals surface area contributed by atoms with Crippen LogP contribution in [0.1, 0.15) is 43.7 Å². The van der Waals surface area contributed by atoms with Crippen molar-refractivity contribution in [3.8, 4) is 5.75 Å². The first kappa shape index (κ1) is 22.8. The van der Waals surface area contributed by atoms with Crippen molar-refractivity contribution >= 4 is 28.8 Å². The highest BCUT2D eigenvalue weighted by Gasteiger charge is 2.23. The number of imidazole rings is 1. The Morgan fingerprint density at radius 1 is 1.30 bits per heavy atom. The van der Waals surface area contributed by atoms with E-state index in [0.717, 1.165) is 24.1 Å². The Morgan fingerprint density at radius 2 is 2.09 bits per heavy atom. The summed E-state index contributed by atoms with van der Waals surface area (Å²) in [7, 11) is 1.73. The van der Waals surface area contributed by atoms with Gasteiger partial charge in [-0.1, -0.05) is 6.07 Å². The van der Waals surface area contributed by atoms with E-state index in [9.17, 15) is 9.59 Å². The van der Waals surface area contributed by atoms with Gasteiger partial charge in [0.2, 0.25) is 5.95 Å². The van der Waals surface area contributed by atoms with E-state index in [1.807, 2.05) is 25.1 Å².